The maximum atomic E-state index is 13.0. The second-order valence-corrected chi connectivity index (χ2v) is 9.44. The molecule has 1 amide bonds. The summed E-state index contributed by atoms with van der Waals surface area (Å²) in [7, 11) is -3.63. The van der Waals surface area contributed by atoms with E-state index in [0.29, 0.717) is 5.56 Å². The molecule has 0 radical (unpaired) electrons. The van der Waals surface area contributed by atoms with E-state index in [-0.39, 0.29) is 16.8 Å². The van der Waals surface area contributed by atoms with Crippen LogP contribution in [0.25, 0.3) is 0 Å². The normalized spacial score (nSPS) is 17.0. The Bertz CT molecular complexity index is 711. The Morgan fingerprint density at radius 2 is 1.88 bits per heavy atom. The highest BCUT2D eigenvalue weighted by molar-refractivity contribution is 7.98. The van der Waals surface area contributed by atoms with E-state index in [4.69, 9.17) is 0 Å². The first-order valence-corrected chi connectivity index (χ1v) is 12.1. The number of sulfonamides is 1. The molecule has 0 unspecified atom stereocenters. The Kier molecular flexibility index (Phi) is 7.98. The van der Waals surface area contributed by atoms with E-state index < -0.39 is 10.0 Å². The van der Waals surface area contributed by atoms with E-state index in [1.807, 2.05) is 25.0 Å². The molecule has 1 fully saturated rings. The summed E-state index contributed by atoms with van der Waals surface area (Å²) < 4.78 is 28.1. The monoisotopic (exact) mass is 398 g/mol. The fourth-order valence-corrected chi connectivity index (χ4v) is 5.16. The number of carbonyl (C=O) groups excluding carboxylic acids is 1. The summed E-state index contributed by atoms with van der Waals surface area (Å²) in [6, 6.07) is 4.75. The number of rotatable bonds is 7. The average Bonchev–Trinajstić information content (AvgIpc) is 2.89. The van der Waals surface area contributed by atoms with Crippen molar-refractivity contribution in [2.75, 3.05) is 19.3 Å². The third-order valence-electron chi connectivity index (χ3n) is 4.68. The van der Waals surface area contributed by atoms with Gasteiger partial charge in [0, 0.05) is 24.0 Å². The SMILES string of the molecule is CCC[C@@H](C)NS(=O)(=O)c1ccc(SC)c(C(=O)N2CCCCCC2)c1. The van der Waals surface area contributed by atoms with Gasteiger partial charge in [-0.1, -0.05) is 26.2 Å². The summed E-state index contributed by atoms with van der Waals surface area (Å²) in [6.07, 6.45) is 7.91. The number of amides is 1. The van der Waals surface area contributed by atoms with Crippen LogP contribution in [0.2, 0.25) is 0 Å². The number of likely N-dealkylation sites (tertiary alicyclic amines) is 1. The summed E-state index contributed by atoms with van der Waals surface area (Å²) >= 11 is 1.47. The number of hydrogen-bond acceptors (Lipinski definition) is 4. The molecule has 26 heavy (non-hydrogen) atoms. The molecule has 1 atom stereocenters. The Morgan fingerprint density at radius 1 is 1.23 bits per heavy atom. The lowest BCUT2D eigenvalue weighted by atomic mass is 10.2. The van der Waals surface area contributed by atoms with Crippen molar-refractivity contribution >= 4 is 27.7 Å². The van der Waals surface area contributed by atoms with Crippen LogP contribution in [0.3, 0.4) is 0 Å². The molecule has 0 spiro atoms. The molecule has 7 heteroatoms. The summed E-state index contributed by atoms with van der Waals surface area (Å²) in [5.41, 5.74) is 0.491. The molecular formula is C19H30N2O3S2. The Morgan fingerprint density at radius 3 is 2.46 bits per heavy atom. The van der Waals surface area contributed by atoms with Gasteiger partial charge in [0.2, 0.25) is 10.0 Å². The van der Waals surface area contributed by atoms with Crippen LogP contribution in [0.1, 0.15) is 62.7 Å². The standard InChI is InChI=1S/C19H30N2O3S2/c1-4-9-15(2)20-26(23,24)16-10-11-18(25-3)17(14-16)19(22)21-12-7-5-6-8-13-21/h10-11,14-15,20H,4-9,12-13H2,1-3H3/t15-/m1/s1. The predicted octanol–water partition coefficient (Wildman–Crippen LogP) is 3.89. The first-order chi connectivity index (χ1) is 12.4. The van der Waals surface area contributed by atoms with Crippen molar-refractivity contribution in [1.29, 1.82) is 0 Å². The molecule has 0 aromatic heterocycles. The van der Waals surface area contributed by atoms with E-state index in [1.165, 1.54) is 11.8 Å². The topological polar surface area (TPSA) is 66.5 Å². The van der Waals surface area contributed by atoms with Crippen LogP contribution >= 0.6 is 11.8 Å². The highest BCUT2D eigenvalue weighted by Gasteiger charge is 2.24. The van der Waals surface area contributed by atoms with Gasteiger partial charge in [0.05, 0.1) is 10.5 Å². The largest absolute Gasteiger partial charge is 0.339 e. The van der Waals surface area contributed by atoms with Crippen LogP contribution in [-0.2, 0) is 10.0 Å². The van der Waals surface area contributed by atoms with E-state index in [0.717, 1.165) is 56.5 Å². The average molecular weight is 399 g/mol. The van der Waals surface area contributed by atoms with Crippen LogP contribution in [0.4, 0.5) is 0 Å². The highest BCUT2D eigenvalue weighted by atomic mass is 32.2. The number of nitrogens with zero attached hydrogens (tertiary/aromatic N) is 1. The quantitative estimate of drug-likeness (QED) is 0.708. The lowest BCUT2D eigenvalue weighted by Crippen LogP contribution is -2.34. The molecule has 1 N–H and O–H groups in total. The van der Waals surface area contributed by atoms with Crippen molar-refractivity contribution in [3.63, 3.8) is 0 Å². The Balaban J connectivity index is 2.31. The van der Waals surface area contributed by atoms with E-state index >= 15 is 0 Å². The van der Waals surface area contributed by atoms with Crippen LogP contribution in [0.5, 0.6) is 0 Å². The molecule has 1 aromatic rings. The van der Waals surface area contributed by atoms with Gasteiger partial charge in [-0.2, -0.15) is 0 Å². The molecule has 1 heterocycles. The third-order valence-corrected chi connectivity index (χ3v) is 7.07. The predicted molar refractivity (Wildman–Crippen MR) is 107 cm³/mol. The summed E-state index contributed by atoms with van der Waals surface area (Å²) in [4.78, 5) is 15.9. The van der Waals surface area contributed by atoms with E-state index in [1.54, 1.807) is 18.2 Å². The van der Waals surface area contributed by atoms with Crippen molar-refractivity contribution in [3.8, 4) is 0 Å². The zero-order valence-corrected chi connectivity index (χ0v) is 17.6. The van der Waals surface area contributed by atoms with Gasteiger partial charge >= 0.3 is 0 Å². The molecule has 1 saturated heterocycles. The minimum Gasteiger partial charge on any atom is -0.339 e. The van der Waals surface area contributed by atoms with Crippen molar-refractivity contribution in [3.05, 3.63) is 23.8 Å². The van der Waals surface area contributed by atoms with Crippen molar-refractivity contribution in [2.45, 2.75) is 68.2 Å². The maximum absolute atomic E-state index is 13.0. The molecule has 1 aromatic carbocycles. The Labute approximate surface area is 162 Å². The van der Waals surface area contributed by atoms with Crippen LogP contribution in [0, 0.1) is 0 Å². The van der Waals surface area contributed by atoms with Gasteiger partial charge in [-0.25, -0.2) is 13.1 Å². The Hall–Kier alpha value is -1.05. The zero-order chi connectivity index (χ0) is 19.2. The van der Waals surface area contributed by atoms with Gasteiger partial charge in [0.25, 0.3) is 5.91 Å². The minimum absolute atomic E-state index is 0.0603. The van der Waals surface area contributed by atoms with Crippen molar-refractivity contribution in [1.82, 2.24) is 9.62 Å². The van der Waals surface area contributed by atoms with E-state index in [2.05, 4.69) is 4.72 Å². The second-order valence-electron chi connectivity index (χ2n) is 6.88. The number of hydrogen-bond donors (Lipinski definition) is 1. The smallest absolute Gasteiger partial charge is 0.255 e. The molecule has 0 bridgehead atoms. The summed E-state index contributed by atoms with van der Waals surface area (Å²) in [6.45, 7) is 5.38. The van der Waals surface area contributed by atoms with Gasteiger partial charge in [-0.3, -0.25) is 4.79 Å². The number of thioether (sulfide) groups is 1. The van der Waals surface area contributed by atoms with Gasteiger partial charge in [0.15, 0.2) is 0 Å². The highest BCUT2D eigenvalue weighted by Crippen LogP contribution is 2.26. The lowest BCUT2D eigenvalue weighted by Gasteiger charge is -2.22. The number of carbonyl (C=O) groups is 1. The van der Waals surface area contributed by atoms with Gasteiger partial charge < -0.3 is 4.90 Å². The molecule has 0 saturated carbocycles. The van der Waals surface area contributed by atoms with Gasteiger partial charge in [-0.05, 0) is 50.6 Å². The van der Waals surface area contributed by atoms with Gasteiger partial charge in [-0.15, -0.1) is 11.8 Å². The molecular weight excluding hydrogens is 368 g/mol. The van der Waals surface area contributed by atoms with Crippen LogP contribution < -0.4 is 4.72 Å². The third kappa shape index (κ3) is 5.47. The summed E-state index contributed by atoms with van der Waals surface area (Å²) in [5, 5.41) is 0. The molecule has 5 nitrogen and oxygen atoms in total. The maximum Gasteiger partial charge on any atom is 0.255 e. The van der Waals surface area contributed by atoms with Gasteiger partial charge in [0.1, 0.15) is 0 Å². The molecule has 1 aliphatic rings. The number of nitrogens with one attached hydrogen (secondary N) is 1. The van der Waals surface area contributed by atoms with Crippen molar-refractivity contribution < 1.29 is 13.2 Å². The molecule has 146 valence electrons. The fraction of sp³-hybridized carbons (Fsp3) is 0.632. The van der Waals surface area contributed by atoms with Crippen LogP contribution in [-0.4, -0.2) is 44.6 Å². The molecule has 2 rings (SSSR count). The fourth-order valence-electron chi connectivity index (χ4n) is 3.29. The minimum atomic E-state index is -3.63. The lowest BCUT2D eigenvalue weighted by molar-refractivity contribution is 0.0758. The zero-order valence-electron chi connectivity index (χ0n) is 16.0. The first-order valence-electron chi connectivity index (χ1n) is 9.38. The summed E-state index contributed by atoms with van der Waals surface area (Å²) in [5.74, 6) is -0.0603. The van der Waals surface area contributed by atoms with Crippen LogP contribution in [0.15, 0.2) is 28.0 Å². The van der Waals surface area contributed by atoms with Crippen molar-refractivity contribution in [2.24, 2.45) is 0 Å². The first kappa shape index (κ1) is 21.3. The molecule has 1 aliphatic heterocycles. The molecule has 0 aliphatic carbocycles. The second kappa shape index (κ2) is 9.76. The van der Waals surface area contributed by atoms with E-state index in [9.17, 15) is 13.2 Å². The number of benzene rings is 1.